The van der Waals surface area contributed by atoms with Crippen LogP contribution in [-0.4, -0.2) is 74.1 Å². The van der Waals surface area contributed by atoms with E-state index in [0.717, 1.165) is 12.8 Å². The van der Waals surface area contributed by atoms with E-state index in [0.29, 0.717) is 18.8 Å². The summed E-state index contributed by atoms with van der Waals surface area (Å²) in [7, 11) is 1.57. The van der Waals surface area contributed by atoms with Crippen LogP contribution in [0.25, 0.3) is 0 Å². The molecule has 1 aliphatic heterocycles. The van der Waals surface area contributed by atoms with Gasteiger partial charge in [-0.25, -0.2) is 8.78 Å². The first-order valence-corrected chi connectivity index (χ1v) is 11.2. The molecular weight excluding hydrogens is 446 g/mol. The molecule has 2 unspecified atom stereocenters. The quantitative estimate of drug-likeness (QED) is 0.115. The fraction of sp³-hybridized carbons (Fsp3) is 0.565. The number of aliphatic imine (C=N–C) groups is 1. The molecule has 0 radical (unpaired) electrons. The number of nitrogens with zero attached hydrogens (tertiary/aromatic N) is 2. The van der Waals surface area contributed by atoms with Crippen LogP contribution in [0.3, 0.4) is 0 Å². The lowest BCUT2D eigenvalue weighted by Gasteiger charge is -2.40. The van der Waals surface area contributed by atoms with Gasteiger partial charge in [0.1, 0.15) is 12.1 Å². The van der Waals surface area contributed by atoms with Gasteiger partial charge < -0.3 is 21.5 Å². The molecule has 188 valence electrons. The number of likely N-dealkylation sites (tertiary alicyclic amines) is 1. The maximum atomic E-state index is 14.8. The second-order valence-electron chi connectivity index (χ2n) is 8.54. The van der Waals surface area contributed by atoms with Crippen LogP contribution < -0.4 is 16.8 Å². The fourth-order valence-electron chi connectivity index (χ4n) is 3.51. The summed E-state index contributed by atoms with van der Waals surface area (Å²) in [5.41, 5.74) is 11.7. The number of hydrogen-bond donors (Lipinski definition) is 4. The number of halogens is 2. The van der Waals surface area contributed by atoms with E-state index in [1.165, 1.54) is 24.4 Å². The zero-order valence-corrected chi connectivity index (χ0v) is 19.6. The van der Waals surface area contributed by atoms with E-state index in [9.17, 15) is 18.4 Å². The third-order valence-corrected chi connectivity index (χ3v) is 5.83. The van der Waals surface area contributed by atoms with Crippen LogP contribution in [0.1, 0.15) is 26.2 Å². The molecule has 1 heterocycles. The molecule has 0 spiro atoms. The number of alkyl halides is 2. The highest BCUT2D eigenvalue weighted by Gasteiger charge is 2.46. The predicted molar refractivity (Wildman–Crippen MR) is 127 cm³/mol. The molecule has 0 aromatic rings. The van der Waals surface area contributed by atoms with Crippen molar-refractivity contribution in [2.45, 2.75) is 38.2 Å². The Kier molecular flexibility index (Phi) is 10.1. The Balaban J connectivity index is 2.08. The Labute approximate surface area is 198 Å². The molecule has 0 aromatic carbocycles. The number of amides is 1. The fourth-order valence-corrected chi connectivity index (χ4v) is 3.51. The third-order valence-electron chi connectivity index (χ3n) is 5.83. The van der Waals surface area contributed by atoms with Crippen LogP contribution in [0.4, 0.5) is 8.78 Å². The van der Waals surface area contributed by atoms with Gasteiger partial charge in [-0.3, -0.25) is 19.9 Å². The first-order chi connectivity index (χ1) is 16.1. The topological polar surface area (TPSA) is 147 Å². The van der Waals surface area contributed by atoms with E-state index in [-0.39, 0.29) is 42.5 Å². The highest BCUT2D eigenvalue weighted by molar-refractivity contribution is 6.04. The number of allylic oxidation sites excluding steroid dienone is 1. The van der Waals surface area contributed by atoms with Crippen molar-refractivity contribution in [2.24, 2.45) is 28.3 Å². The standard InChI is InChI=1S/C23H34F2N6O3/c1-15(22(33)30-20(27)5-6-21(28)34-14-16-3-4-16)31-8-7-23(24,25)19(12-31)18(11-29-2)9-17(10-26)13-32/h5-6,9,11,13,15-16,19,28-29H,3-4,7-8,10,12,14,26H2,1-2H3,(H2,27,30,33)/b6-5-,17-9-,18-11+,28-21?. The summed E-state index contributed by atoms with van der Waals surface area (Å²) < 4.78 is 34.9. The van der Waals surface area contributed by atoms with Crippen LogP contribution >= 0.6 is 0 Å². The van der Waals surface area contributed by atoms with Gasteiger partial charge >= 0.3 is 0 Å². The van der Waals surface area contributed by atoms with Gasteiger partial charge in [0.05, 0.1) is 18.6 Å². The lowest BCUT2D eigenvalue weighted by Crippen LogP contribution is -2.52. The maximum Gasteiger partial charge on any atom is 0.264 e. The minimum absolute atomic E-state index is 0.00466. The van der Waals surface area contributed by atoms with Crippen LogP contribution in [-0.2, 0) is 14.3 Å². The Morgan fingerprint density at radius 3 is 2.68 bits per heavy atom. The van der Waals surface area contributed by atoms with Crippen molar-refractivity contribution in [3.05, 3.63) is 35.6 Å². The Bertz CT molecular complexity index is 880. The number of carbonyl (C=O) groups is 2. The molecule has 1 saturated carbocycles. The molecule has 2 fully saturated rings. The van der Waals surface area contributed by atoms with Crippen molar-refractivity contribution >= 4 is 23.9 Å². The van der Waals surface area contributed by atoms with E-state index in [1.54, 1.807) is 18.9 Å². The molecule has 2 aliphatic rings. The lowest BCUT2D eigenvalue weighted by molar-refractivity contribution is -0.129. The second kappa shape index (κ2) is 12.5. The summed E-state index contributed by atoms with van der Waals surface area (Å²) in [4.78, 5) is 29.2. The normalized spacial score (nSPS) is 23.0. The average Bonchev–Trinajstić information content (AvgIpc) is 3.63. The van der Waals surface area contributed by atoms with Gasteiger partial charge in [0, 0.05) is 44.8 Å². The first kappa shape index (κ1) is 27.3. The number of amidine groups is 1. The minimum atomic E-state index is -3.03. The van der Waals surface area contributed by atoms with Crippen molar-refractivity contribution in [1.82, 2.24) is 10.2 Å². The molecule has 0 aromatic heterocycles. The van der Waals surface area contributed by atoms with E-state index in [1.807, 2.05) is 0 Å². The molecule has 1 aliphatic carbocycles. The van der Waals surface area contributed by atoms with Gasteiger partial charge in [-0.1, -0.05) is 0 Å². The number of nitrogens with two attached hydrogens (primary N) is 2. The van der Waals surface area contributed by atoms with Crippen molar-refractivity contribution in [3.63, 3.8) is 0 Å². The van der Waals surface area contributed by atoms with Crippen molar-refractivity contribution in [3.8, 4) is 0 Å². The SMILES string of the molecule is CN/C=C(\C=C(/C=O)CN)C1CN(C(C)C(=O)N=C(N)/C=C\C(=N)OCC2CC2)CCC1(F)F. The summed E-state index contributed by atoms with van der Waals surface area (Å²) in [5, 5.41) is 10.4. The molecular formula is C23H34F2N6O3. The van der Waals surface area contributed by atoms with Gasteiger partial charge in [-0.2, -0.15) is 4.99 Å². The Morgan fingerprint density at radius 1 is 1.38 bits per heavy atom. The molecule has 6 N–H and O–H groups in total. The van der Waals surface area contributed by atoms with Crippen LogP contribution in [0, 0.1) is 17.2 Å². The third kappa shape index (κ3) is 8.14. The van der Waals surface area contributed by atoms with E-state index in [2.05, 4.69) is 10.3 Å². The highest BCUT2D eigenvalue weighted by atomic mass is 19.3. The van der Waals surface area contributed by atoms with Gasteiger partial charge in [0.2, 0.25) is 5.90 Å². The molecule has 34 heavy (non-hydrogen) atoms. The van der Waals surface area contributed by atoms with Crippen LogP contribution in [0.2, 0.25) is 0 Å². The van der Waals surface area contributed by atoms with Crippen LogP contribution in [0.5, 0.6) is 0 Å². The highest BCUT2D eigenvalue weighted by Crippen LogP contribution is 2.39. The monoisotopic (exact) mass is 480 g/mol. The summed E-state index contributed by atoms with van der Waals surface area (Å²) >= 11 is 0. The average molecular weight is 481 g/mol. The molecule has 2 rings (SSSR count). The summed E-state index contributed by atoms with van der Waals surface area (Å²) in [6, 6.07) is -0.795. The molecule has 1 saturated heterocycles. The molecule has 9 nitrogen and oxygen atoms in total. The molecule has 11 heteroatoms. The van der Waals surface area contributed by atoms with E-state index < -0.39 is 30.2 Å². The Hall–Kier alpha value is -2.92. The predicted octanol–water partition coefficient (Wildman–Crippen LogP) is 1.36. The number of aldehydes is 1. The summed E-state index contributed by atoms with van der Waals surface area (Å²) in [5.74, 6) is -4.55. The number of piperidine rings is 1. The van der Waals surface area contributed by atoms with Gasteiger partial charge in [-0.05, 0) is 49.6 Å². The van der Waals surface area contributed by atoms with Gasteiger partial charge in [0.15, 0.2) is 0 Å². The summed E-state index contributed by atoms with van der Waals surface area (Å²) in [6.07, 6.45) is 7.68. The zero-order valence-electron chi connectivity index (χ0n) is 19.6. The van der Waals surface area contributed by atoms with Crippen molar-refractivity contribution < 1.29 is 23.1 Å². The molecule has 2 atom stereocenters. The maximum absolute atomic E-state index is 14.8. The number of rotatable bonds is 11. The number of nitrogens with one attached hydrogen (secondary N) is 2. The number of ether oxygens (including phenoxy) is 1. The zero-order chi connectivity index (χ0) is 25.3. The Morgan fingerprint density at radius 2 is 2.09 bits per heavy atom. The minimum Gasteiger partial charge on any atom is -0.478 e. The van der Waals surface area contributed by atoms with E-state index >= 15 is 0 Å². The molecule has 1 amide bonds. The van der Waals surface area contributed by atoms with Crippen molar-refractivity contribution in [1.29, 1.82) is 5.41 Å². The summed E-state index contributed by atoms with van der Waals surface area (Å²) in [6.45, 7) is 1.86. The van der Waals surface area contributed by atoms with Crippen molar-refractivity contribution in [2.75, 3.05) is 33.3 Å². The molecule has 0 bridgehead atoms. The number of hydrogen-bond acceptors (Lipinski definition) is 7. The largest absolute Gasteiger partial charge is 0.478 e. The van der Waals surface area contributed by atoms with Gasteiger partial charge in [-0.15, -0.1) is 0 Å². The first-order valence-electron chi connectivity index (χ1n) is 11.2. The van der Waals surface area contributed by atoms with Gasteiger partial charge in [0.25, 0.3) is 11.8 Å². The van der Waals surface area contributed by atoms with E-state index in [4.69, 9.17) is 21.6 Å². The smallest absolute Gasteiger partial charge is 0.264 e. The van der Waals surface area contributed by atoms with Crippen LogP contribution in [0.15, 0.2) is 40.6 Å². The second-order valence-corrected chi connectivity index (χ2v) is 8.54. The number of carbonyl (C=O) groups excluding carboxylic acids is 2. The lowest BCUT2D eigenvalue weighted by atomic mass is 9.85.